The third kappa shape index (κ3) is 16.6. The molecule has 6 heterocycles. The van der Waals surface area contributed by atoms with Crippen LogP contribution in [-0.4, -0.2) is 160 Å². The molecule has 0 unspecified atom stereocenters. The minimum Gasteiger partial charge on any atom is -0.489 e. The van der Waals surface area contributed by atoms with Gasteiger partial charge in [-0.25, -0.2) is 8.78 Å². The second kappa shape index (κ2) is 26.6. The molecule has 2 aliphatic rings. The lowest BCUT2D eigenvalue weighted by Gasteiger charge is -2.39. The number of hydrogen-bond donors (Lipinski definition) is 0. The van der Waals surface area contributed by atoms with E-state index in [1.54, 1.807) is 48.1 Å². The number of carbonyl (C=O) groups is 2. The van der Waals surface area contributed by atoms with Gasteiger partial charge in [-0.05, 0) is 144 Å². The lowest BCUT2D eigenvalue weighted by atomic mass is 10.0. The number of halogens is 6. The molecule has 0 saturated carbocycles. The maximum absolute atomic E-state index is 13.3. The summed E-state index contributed by atoms with van der Waals surface area (Å²) in [5.41, 5.74) is 3.71. The third-order valence-electron chi connectivity index (χ3n) is 12.2. The van der Waals surface area contributed by atoms with E-state index in [-0.39, 0.29) is 43.7 Å². The van der Waals surface area contributed by atoms with Gasteiger partial charge in [0.1, 0.15) is 38.1 Å². The van der Waals surface area contributed by atoms with Gasteiger partial charge >= 0.3 is 6.18 Å². The first kappa shape index (κ1) is 55.9. The van der Waals surface area contributed by atoms with Gasteiger partial charge < -0.3 is 19.3 Å². The van der Waals surface area contributed by atoms with E-state index in [9.17, 15) is 31.5 Å². The van der Waals surface area contributed by atoms with Crippen LogP contribution in [0.25, 0.3) is 12.2 Å². The number of pyridine rings is 2. The van der Waals surface area contributed by atoms with E-state index in [4.69, 9.17) is 9.47 Å². The number of rotatable bonds is 18. The Bertz CT molecular complexity index is 2880. The Balaban J connectivity index is 0.000000219. The number of nitrogens with zero attached hydrogens (tertiary/aromatic N) is 14. The number of piperazine rings is 2. The molecule has 2 aliphatic heterocycles. The van der Waals surface area contributed by atoms with E-state index in [0.29, 0.717) is 80.1 Å². The number of benzene rings is 2. The smallest absolute Gasteiger partial charge is 0.416 e. The summed E-state index contributed by atoms with van der Waals surface area (Å²) in [5.74, 6) is 1.87. The van der Waals surface area contributed by atoms with Gasteiger partial charge in [0.2, 0.25) is 11.8 Å². The fraction of sp³-hybridized carbons (Fsp3) is 0.412. The lowest BCUT2D eigenvalue weighted by molar-refractivity contribution is -0.137. The second-order valence-electron chi connectivity index (χ2n) is 17.9. The summed E-state index contributed by atoms with van der Waals surface area (Å²) >= 11 is 2.27. The normalized spacial score (nSPS) is 16.6. The molecule has 0 aliphatic carbocycles. The molecule has 2 saturated heterocycles. The van der Waals surface area contributed by atoms with Crippen LogP contribution in [0, 0.1) is 17.4 Å². The van der Waals surface area contributed by atoms with Crippen molar-refractivity contribution in [3.8, 4) is 11.5 Å². The molecule has 0 bridgehead atoms. The summed E-state index contributed by atoms with van der Waals surface area (Å²) in [6, 6.07) is 16.7. The van der Waals surface area contributed by atoms with Gasteiger partial charge in [-0.15, -0.1) is 20.4 Å². The van der Waals surface area contributed by atoms with Crippen LogP contribution in [0.2, 0.25) is 0 Å². The van der Waals surface area contributed by atoms with E-state index < -0.39 is 25.1 Å². The van der Waals surface area contributed by atoms with E-state index >= 15 is 0 Å². The molecule has 4 aromatic heterocycles. The fourth-order valence-electron chi connectivity index (χ4n) is 8.51. The molecule has 18 nitrogen and oxygen atoms in total. The summed E-state index contributed by atoms with van der Waals surface area (Å²) in [7, 11) is 0. The van der Waals surface area contributed by atoms with Gasteiger partial charge in [0, 0.05) is 80.2 Å². The van der Waals surface area contributed by atoms with Crippen LogP contribution in [-0.2, 0) is 41.9 Å². The summed E-state index contributed by atoms with van der Waals surface area (Å²) < 4.78 is 76.0. The van der Waals surface area contributed by atoms with Crippen molar-refractivity contribution in [2.75, 3.05) is 65.8 Å². The van der Waals surface area contributed by atoms with Crippen molar-refractivity contribution in [2.24, 2.45) is 0 Å². The zero-order chi connectivity index (χ0) is 53.5. The number of aryl methyl sites for hydroxylation is 2. The molecule has 2 fully saturated rings. The average molecular weight is 1150 g/mol. The number of aromatic nitrogens is 10. The first-order valence-electron chi connectivity index (χ1n) is 24.2. The lowest BCUT2D eigenvalue weighted by Crippen LogP contribution is -2.53. The molecule has 0 spiro atoms. The Morgan fingerprint density at radius 3 is 1.52 bits per heavy atom. The average Bonchev–Trinajstić information content (AvgIpc) is 4.00. The first-order chi connectivity index (χ1) is 36.0. The third-order valence-corrected chi connectivity index (χ3v) is 12.8. The SMILES string of the molecule is Cc1nnn(Cc2cc(C(F)(F)[18F])ccc2/C=C/C(=O)N2CCN(Cc3ccc(OCCF)cn3)C[C@H]2C)n1.Cc1nnn(Cc2cc(I)ccc2/C=C/C(=O)N2CCN(Cc3ccc(OCCF)cn3)C[C@H]2C)n1. The van der Waals surface area contributed by atoms with Crippen LogP contribution >= 0.6 is 22.6 Å². The van der Waals surface area contributed by atoms with Crippen molar-refractivity contribution in [2.45, 2.75) is 72.1 Å². The van der Waals surface area contributed by atoms with Crippen LogP contribution in [0.1, 0.15) is 64.7 Å². The van der Waals surface area contributed by atoms with Gasteiger partial charge in [0.05, 0.1) is 42.4 Å². The van der Waals surface area contributed by atoms with Crippen molar-refractivity contribution in [3.63, 3.8) is 0 Å². The second-order valence-corrected chi connectivity index (χ2v) is 19.2. The predicted molar refractivity (Wildman–Crippen MR) is 276 cm³/mol. The highest BCUT2D eigenvalue weighted by Gasteiger charge is 2.32. The van der Waals surface area contributed by atoms with Crippen LogP contribution in [0.4, 0.5) is 22.0 Å². The van der Waals surface area contributed by atoms with Gasteiger partial charge in [0.25, 0.3) is 0 Å². The van der Waals surface area contributed by atoms with Gasteiger partial charge in [-0.3, -0.25) is 29.4 Å². The first-order valence-corrected chi connectivity index (χ1v) is 25.3. The summed E-state index contributed by atoms with van der Waals surface area (Å²) in [6.07, 6.45) is 5.11. The predicted octanol–water partition coefficient (Wildman–Crippen LogP) is 6.66. The van der Waals surface area contributed by atoms with Crippen molar-refractivity contribution in [1.82, 2.24) is 70.0 Å². The molecule has 2 amide bonds. The Labute approximate surface area is 444 Å². The largest absolute Gasteiger partial charge is 0.489 e. The van der Waals surface area contributed by atoms with E-state index in [2.05, 4.69) is 86.2 Å². The minimum absolute atomic E-state index is 0.00568. The highest BCUT2D eigenvalue weighted by molar-refractivity contribution is 14.1. The number of alkyl halides is 5. The van der Waals surface area contributed by atoms with Crippen LogP contribution < -0.4 is 9.47 Å². The molecule has 0 N–H and O–H groups in total. The monoisotopic (exact) mass is 1150 g/mol. The van der Waals surface area contributed by atoms with Crippen molar-refractivity contribution >= 4 is 46.6 Å². The highest BCUT2D eigenvalue weighted by Crippen LogP contribution is 2.31. The number of hydrogen-bond acceptors (Lipinski definition) is 14. The molecule has 398 valence electrons. The van der Waals surface area contributed by atoms with Crippen molar-refractivity contribution in [1.29, 1.82) is 0 Å². The Morgan fingerprint density at radius 2 is 1.12 bits per heavy atom. The van der Waals surface area contributed by atoms with Gasteiger partial charge in [-0.2, -0.15) is 22.8 Å². The fourth-order valence-corrected chi connectivity index (χ4v) is 9.07. The zero-order valence-corrected chi connectivity index (χ0v) is 44.1. The maximum Gasteiger partial charge on any atom is 0.416 e. The van der Waals surface area contributed by atoms with E-state index in [1.807, 2.05) is 48.2 Å². The van der Waals surface area contributed by atoms with Gasteiger partial charge in [-0.1, -0.05) is 12.1 Å². The molecule has 0 radical (unpaired) electrons. The van der Waals surface area contributed by atoms with Crippen LogP contribution in [0.3, 0.4) is 0 Å². The molecule has 2 aromatic carbocycles. The van der Waals surface area contributed by atoms with Crippen LogP contribution in [0.5, 0.6) is 11.5 Å². The molecular weight excluding hydrogens is 1090 g/mol. The molecule has 6 aromatic rings. The Kier molecular flexibility index (Phi) is 19.8. The molecule has 2 atom stereocenters. The number of tetrazole rings is 2. The molecule has 24 heteroatoms. The Hall–Kier alpha value is -6.80. The summed E-state index contributed by atoms with van der Waals surface area (Å²) in [6.45, 7) is 12.0. The standard InChI is InChI=1S/C26H29F4N7O2.C25H29FIN7O2/c1-18-15-35(17-23-6-7-24(14-31-23)39-12-9-27)10-11-36(18)25(38)8-4-20-3-5-22(26(28,29)30)13-21(20)16-37-33-19(2)32-34-37;1-18-15-32(17-23-6-7-24(14-28-23)36-12-9-26)10-11-33(18)25(35)8-4-20-3-5-22(27)13-21(20)16-34-30-19(2)29-31-34/h3-8,13-14,18H,9-12,15-17H2,1-2H3;3-8,13-14,18H,9-12,15-17H2,1-2H3/b2*8-4+/t2*18-/m11/s1/i28-1;. The zero-order valence-electron chi connectivity index (χ0n) is 42.0. The Morgan fingerprint density at radius 1 is 0.653 bits per heavy atom. The quantitative estimate of drug-likeness (QED) is 0.0507. The van der Waals surface area contributed by atoms with Crippen molar-refractivity contribution < 1.29 is 41.0 Å². The topological polar surface area (TPSA) is 179 Å². The summed E-state index contributed by atoms with van der Waals surface area (Å²) in [5, 5.41) is 23.9. The molecular formula is C51H58F5IN14O4. The minimum atomic E-state index is -4.51. The van der Waals surface area contributed by atoms with Crippen molar-refractivity contribution in [3.05, 3.63) is 140 Å². The van der Waals surface area contributed by atoms with E-state index in [1.165, 1.54) is 23.0 Å². The van der Waals surface area contributed by atoms with Gasteiger partial charge in [0.15, 0.2) is 11.6 Å². The molecule has 8 rings (SSSR count). The number of carbonyl (C=O) groups excluding carboxylic acids is 2. The van der Waals surface area contributed by atoms with Crippen LogP contribution in [0.15, 0.2) is 85.2 Å². The highest BCUT2D eigenvalue weighted by atomic mass is 127. The number of ether oxygens (including phenoxy) is 2. The molecule has 75 heavy (non-hydrogen) atoms. The summed E-state index contributed by atoms with van der Waals surface area (Å²) in [4.78, 5) is 45.7. The maximum atomic E-state index is 13.3. The van der Waals surface area contributed by atoms with E-state index in [0.717, 1.165) is 51.3 Å². The number of amides is 2.